The fourth-order valence-electron chi connectivity index (χ4n) is 2.73. The van der Waals surface area contributed by atoms with E-state index in [1.165, 1.54) is 64.2 Å². The summed E-state index contributed by atoms with van der Waals surface area (Å²) in [5.41, 5.74) is 7.67. The summed E-state index contributed by atoms with van der Waals surface area (Å²) < 4.78 is 0. The molecule has 0 atom stereocenters. The van der Waals surface area contributed by atoms with Gasteiger partial charge in [-0.15, -0.1) is 0 Å². The number of hydrazone groups is 1. The zero-order valence-electron chi connectivity index (χ0n) is 14.7. The van der Waals surface area contributed by atoms with E-state index >= 15 is 0 Å². The fourth-order valence-corrected chi connectivity index (χ4v) is 2.73. The van der Waals surface area contributed by atoms with Crippen LogP contribution in [0.3, 0.4) is 0 Å². The molecule has 0 fully saturated rings. The number of nitrogens with two attached hydrogens (primary N) is 3. The molecule has 0 heterocycles. The normalized spacial score (nSPS) is 11.6. The SMILES string of the molecule is NNC(CCCCCCCCCCCCCCCC(N)=O)=[NH+]N. The van der Waals surface area contributed by atoms with Gasteiger partial charge in [-0.1, -0.05) is 70.6 Å². The molecule has 0 saturated carbocycles. The van der Waals surface area contributed by atoms with Crippen LogP contribution in [0, 0.1) is 0 Å². The number of primary amides is 1. The van der Waals surface area contributed by atoms with Crippen molar-refractivity contribution in [1.82, 2.24) is 5.43 Å². The number of hydrazine groups is 2. The molecule has 0 unspecified atom stereocenters. The molecule has 0 saturated heterocycles. The maximum absolute atomic E-state index is 10.6. The predicted octanol–water partition coefficient (Wildman–Crippen LogP) is 1.14. The molecular weight excluding hydrogens is 290 g/mol. The maximum atomic E-state index is 10.6. The summed E-state index contributed by atoms with van der Waals surface area (Å²) in [6, 6.07) is 0. The monoisotopic (exact) mass is 328 g/mol. The molecule has 0 aliphatic carbocycles. The van der Waals surface area contributed by atoms with Crippen LogP contribution in [-0.4, -0.2) is 11.7 Å². The molecule has 0 radical (unpaired) electrons. The van der Waals surface area contributed by atoms with Crippen LogP contribution in [0.4, 0.5) is 0 Å². The minimum Gasteiger partial charge on any atom is -0.370 e. The van der Waals surface area contributed by atoms with Gasteiger partial charge in [-0.3, -0.25) is 10.6 Å². The summed E-state index contributed by atoms with van der Waals surface area (Å²) in [7, 11) is 0. The fraction of sp³-hybridized carbons (Fsp3) is 0.882. The van der Waals surface area contributed by atoms with Crippen LogP contribution >= 0.6 is 0 Å². The molecule has 6 nitrogen and oxygen atoms in total. The molecule has 6 heteroatoms. The van der Waals surface area contributed by atoms with E-state index in [9.17, 15) is 4.79 Å². The number of carbonyl (C=O) groups is 1. The largest absolute Gasteiger partial charge is 0.370 e. The van der Waals surface area contributed by atoms with Gasteiger partial charge in [0, 0.05) is 6.42 Å². The topological polar surface area (TPSA) is 121 Å². The number of unbranched alkanes of at least 4 members (excludes halogenated alkanes) is 12. The summed E-state index contributed by atoms with van der Waals surface area (Å²) in [6.45, 7) is 0. The Morgan fingerprint density at radius 2 is 1.04 bits per heavy atom. The molecule has 0 aliphatic rings. The van der Waals surface area contributed by atoms with Crippen molar-refractivity contribution in [3.8, 4) is 0 Å². The molecule has 8 N–H and O–H groups in total. The van der Waals surface area contributed by atoms with Gasteiger partial charge in [-0.25, -0.2) is 5.43 Å². The first kappa shape index (κ1) is 21.7. The van der Waals surface area contributed by atoms with Crippen molar-refractivity contribution in [2.45, 2.75) is 96.3 Å². The Morgan fingerprint density at radius 3 is 1.35 bits per heavy atom. The molecule has 0 aromatic rings. The second kappa shape index (κ2) is 17.1. The highest BCUT2D eigenvalue weighted by Gasteiger charge is 2.01. The average Bonchev–Trinajstić information content (AvgIpc) is 2.54. The number of carbonyl (C=O) groups excluding carboxylic acids is 1. The minimum atomic E-state index is -0.171. The predicted molar refractivity (Wildman–Crippen MR) is 95.9 cm³/mol. The van der Waals surface area contributed by atoms with E-state index < -0.39 is 0 Å². The van der Waals surface area contributed by atoms with Crippen LogP contribution in [0.2, 0.25) is 0 Å². The lowest BCUT2D eigenvalue weighted by molar-refractivity contribution is -0.473. The van der Waals surface area contributed by atoms with Crippen LogP contribution in [-0.2, 0) is 4.79 Å². The van der Waals surface area contributed by atoms with E-state index in [-0.39, 0.29) is 5.91 Å². The second-order valence-corrected chi connectivity index (χ2v) is 6.33. The van der Waals surface area contributed by atoms with E-state index in [1.54, 1.807) is 0 Å². The Hall–Kier alpha value is -1.30. The Labute approximate surface area is 141 Å². The molecule has 136 valence electrons. The number of amides is 1. The molecular formula is C17H38N5O+. The molecule has 1 amide bonds. The summed E-state index contributed by atoms with van der Waals surface area (Å²) in [6.07, 6.45) is 17.8. The van der Waals surface area contributed by atoms with E-state index in [0.717, 1.165) is 31.5 Å². The summed E-state index contributed by atoms with van der Waals surface area (Å²) in [5.74, 6) is 11.2. The molecule has 0 aromatic carbocycles. The van der Waals surface area contributed by atoms with Crippen LogP contribution in [0.15, 0.2) is 0 Å². The van der Waals surface area contributed by atoms with Crippen LogP contribution in [0.5, 0.6) is 0 Å². The molecule has 0 aromatic heterocycles. The first-order valence-electron chi connectivity index (χ1n) is 9.28. The minimum absolute atomic E-state index is 0.171. The first-order valence-corrected chi connectivity index (χ1v) is 9.28. The summed E-state index contributed by atoms with van der Waals surface area (Å²) >= 11 is 0. The molecule has 0 spiro atoms. The van der Waals surface area contributed by atoms with Crippen molar-refractivity contribution < 1.29 is 9.90 Å². The van der Waals surface area contributed by atoms with Crippen molar-refractivity contribution >= 4 is 11.7 Å². The molecule has 0 bridgehead atoms. The van der Waals surface area contributed by atoms with Gasteiger partial charge in [-0.2, -0.15) is 10.9 Å². The van der Waals surface area contributed by atoms with Crippen molar-refractivity contribution in [3.63, 3.8) is 0 Å². The van der Waals surface area contributed by atoms with E-state index in [0.29, 0.717) is 6.42 Å². The summed E-state index contributed by atoms with van der Waals surface area (Å²) in [4.78, 5) is 10.6. The maximum Gasteiger partial charge on any atom is 0.283 e. The standard InChI is InChI=1S/C17H37N5O/c18-16(23)14-12-10-8-6-4-2-1-3-5-7-9-11-13-15-17(21-19)22-20/h1-15,19-20H2,(H2,18,23)(H,21,22)/p+1. The van der Waals surface area contributed by atoms with E-state index in [2.05, 4.69) is 10.5 Å². The van der Waals surface area contributed by atoms with Gasteiger partial charge in [0.1, 0.15) is 0 Å². The van der Waals surface area contributed by atoms with Crippen LogP contribution < -0.4 is 27.9 Å². The highest BCUT2D eigenvalue weighted by atomic mass is 16.1. The van der Waals surface area contributed by atoms with E-state index in [1.807, 2.05) is 0 Å². The van der Waals surface area contributed by atoms with Gasteiger partial charge in [0.15, 0.2) is 0 Å². The quantitative estimate of drug-likeness (QED) is 0.0958. The highest BCUT2D eigenvalue weighted by Crippen LogP contribution is 2.13. The number of nitrogens with one attached hydrogen (secondary N) is 2. The Morgan fingerprint density at radius 1 is 0.696 bits per heavy atom. The zero-order chi connectivity index (χ0) is 17.2. The third-order valence-electron chi connectivity index (χ3n) is 4.20. The Balaban J connectivity index is 3.09. The molecule has 23 heavy (non-hydrogen) atoms. The smallest absolute Gasteiger partial charge is 0.283 e. The molecule has 0 aliphatic heterocycles. The van der Waals surface area contributed by atoms with Gasteiger partial charge in [0.25, 0.3) is 5.84 Å². The number of hydrogen-bond acceptors (Lipinski definition) is 3. The van der Waals surface area contributed by atoms with Crippen LogP contribution in [0.25, 0.3) is 0 Å². The zero-order valence-corrected chi connectivity index (χ0v) is 14.7. The van der Waals surface area contributed by atoms with E-state index in [4.69, 9.17) is 17.4 Å². The first-order chi connectivity index (χ1) is 11.2. The lowest BCUT2D eigenvalue weighted by Crippen LogP contribution is -2.83. The van der Waals surface area contributed by atoms with Gasteiger partial charge in [0.05, 0.1) is 6.42 Å². The third kappa shape index (κ3) is 16.9. The summed E-state index contributed by atoms with van der Waals surface area (Å²) in [5, 5.41) is 2.56. The number of amidine groups is 1. The van der Waals surface area contributed by atoms with Crippen molar-refractivity contribution in [3.05, 3.63) is 0 Å². The van der Waals surface area contributed by atoms with Crippen molar-refractivity contribution in [2.24, 2.45) is 17.4 Å². The van der Waals surface area contributed by atoms with Crippen LogP contribution in [0.1, 0.15) is 96.3 Å². The second-order valence-electron chi connectivity index (χ2n) is 6.33. The van der Waals surface area contributed by atoms with Gasteiger partial charge in [-0.05, 0) is 12.8 Å². The average molecular weight is 329 g/mol. The Kier molecular flexibility index (Phi) is 16.1. The lowest BCUT2D eigenvalue weighted by atomic mass is 10.0. The Bertz CT molecular complexity index is 307. The van der Waals surface area contributed by atoms with Crippen molar-refractivity contribution in [1.29, 1.82) is 0 Å². The van der Waals surface area contributed by atoms with Gasteiger partial charge >= 0.3 is 0 Å². The third-order valence-corrected chi connectivity index (χ3v) is 4.20. The number of rotatable bonds is 16. The molecule has 0 rings (SSSR count). The van der Waals surface area contributed by atoms with Gasteiger partial charge in [0.2, 0.25) is 5.91 Å². The number of hydrogen-bond donors (Lipinski definition) is 5. The van der Waals surface area contributed by atoms with Crippen molar-refractivity contribution in [2.75, 3.05) is 0 Å². The van der Waals surface area contributed by atoms with Gasteiger partial charge < -0.3 is 5.73 Å². The lowest BCUT2D eigenvalue weighted by Gasteiger charge is -2.03. The highest BCUT2D eigenvalue weighted by molar-refractivity contribution is 5.75.